The summed E-state index contributed by atoms with van der Waals surface area (Å²) in [6, 6.07) is 10.8. The molecule has 0 radical (unpaired) electrons. The molecule has 0 aliphatic heterocycles. The number of rotatable bonds is 6. The van der Waals surface area contributed by atoms with Crippen LogP contribution in [-0.4, -0.2) is 18.2 Å². The Balaban J connectivity index is 1.53. The average molecular weight is 326 g/mol. The van der Waals surface area contributed by atoms with Gasteiger partial charge in [0.2, 0.25) is 0 Å². The van der Waals surface area contributed by atoms with Crippen LogP contribution >= 0.6 is 0 Å². The van der Waals surface area contributed by atoms with E-state index >= 15 is 0 Å². The molecule has 24 heavy (non-hydrogen) atoms. The Labute approximate surface area is 141 Å². The lowest BCUT2D eigenvalue weighted by Gasteiger charge is -2.09. The van der Waals surface area contributed by atoms with Crippen molar-refractivity contribution in [3.05, 3.63) is 53.5 Å². The van der Waals surface area contributed by atoms with Gasteiger partial charge < -0.3 is 9.15 Å². The maximum atomic E-state index is 12.0. The van der Waals surface area contributed by atoms with Gasteiger partial charge in [-0.3, -0.25) is 4.79 Å². The summed E-state index contributed by atoms with van der Waals surface area (Å²) >= 11 is 0. The molecule has 1 aliphatic rings. The summed E-state index contributed by atoms with van der Waals surface area (Å²) < 4.78 is 11.2. The highest BCUT2D eigenvalue weighted by Gasteiger charge is 2.36. The lowest BCUT2D eigenvalue weighted by molar-refractivity contribution is 0.0955. The van der Waals surface area contributed by atoms with Gasteiger partial charge >= 0.3 is 0 Å². The smallest absolute Gasteiger partial charge is 0.271 e. The zero-order valence-corrected chi connectivity index (χ0v) is 14.2. The molecule has 5 heteroatoms. The summed E-state index contributed by atoms with van der Waals surface area (Å²) in [4.78, 5) is 12.0. The van der Waals surface area contributed by atoms with Crippen LogP contribution in [0.5, 0.6) is 5.75 Å². The number of nitrogens with one attached hydrogen (secondary N) is 1. The lowest BCUT2D eigenvalue weighted by atomic mass is 10.2. The number of benzene rings is 1. The molecule has 1 saturated carbocycles. The van der Waals surface area contributed by atoms with Gasteiger partial charge in [-0.05, 0) is 62.6 Å². The van der Waals surface area contributed by atoms with Crippen molar-refractivity contribution in [1.29, 1.82) is 0 Å². The van der Waals surface area contributed by atoms with Gasteiger partial charge in [0.05, 0.1) is 12.3 Å². The molecule has 5 nitrogen and oxygen atoms in total. The number of amides is 1. The highest BCUT2D eigenvalue weighted by Crippen LogP contribution is 2.47. The topological polar surface area (TPSA) is 63.8 Å². The molecule has 126 valence electrons. The fourth-order valence-electron chi connectivity index (χ4n) is 2.53. The Morgan fingerprint density at radius 2 is 2.00 bits per heavy atom. The molecule has 0 bridgehead atoms. The van der Waals surface area contributed by atoms with Crippen molar-refractivity contribution in [2.75, 3.05) is 0 Å². The molecule has 1 aromatic carbocycles. The molecule has 1 aromatic heterocycles. The van der Waals surface area contributed by atoms with Crippen molar-refractivity contribution in [2.24, 2.45) is 11.0 Å². The first-order valence-electron chi connectivity index (χ1n) is 8.23. The van der Waals surface area contributed by atoms with E-state index in [9.17, 15) is 4.79 Å². The van der Waals surface area contributed by atoms with Gasteiger partial charge in [0.15, 0.2) is 0 Å². The predicted molar refractivity (Wildman–Crippen MR) is 92.5 cm³/mol. The molecule has 2 aromatic rings. The normalized spacial score (nSPS) is 19.7. The fraction of sp³-hybridized carbons (Fsp3) is 0.368. The molecule has 1 aliphatic carbocycles. The zero-order chi connectivity index (χ0) is 17.1. The minimum absolute atomic E-state index is 0.103. The van der Waals surface area contributed by atoms with Crippen LogP contribution in [0.1, 0.15) is 55.0 Å². The van der Waals surface area contributed by atoms with Crippen molar-refractivity contribution in [3.8, 4) is 5.75 Å². The Morgan fingerprint density at radius 1 is 1.29 bits per heavy atom. The van der Waals surface area contributed by atoms with Crippen LogP contribution in [0.2, 0.25) is 0 Å². The minimum atomic E-state index is -0.273. The number of carbonyl (C=O) groups is 1. The van der Waals surface area contributed by atoms with Crippen LogP contribution < -0.4 is 10.2 Å². The van der Waals surface area contributed by atoms with Crippen LogP contribution in [0.3, 0.4) is 0 Å². The largest absolute Gasteiger partial charge is 0.491 e. The van der Waals surface area contributed by atoms with Gasteiger partial charge in [-0.1, -0.05) is 6.92 Å². The summed E-state index contributed by atoms with van der Waals surface area (Å²) in [5.74, 6) is 3.34. The SMILES string of the molecule is CC(C)Oc1ccc(C(=O)N/N=C\c2ccc([C@H]3C[C@@H]3C)o2)cc1. The van der Waals surface area contributed by atoms with Gasteiger partial charge in [-0.25, -0.2) is 5.43 Å². The number of furan rings is 1. The fourth-order valence-corrected chi connectivity index (χ4v) is 2.53. The van der Waals surface area contributed by atoms with E-state index in [-0.39, 0.29) is 12.0 Å². The first-order chi connectivity index (χ1) is 11.5. The van der Waals surface area contributed by atoms with Crippen LogP contribution in [0.15, 0.2) is 45.9 Å². The van der Waals surface area contributed by atoms with Crippen LogP contribution in [0.4, 0.5) is 0 Å². The van der Waals surface area contributed by atoms with E-state index in [1.54, 1.807) is 24.3 Å². The Hall–Kier alpha value is -2.56. The summed E-state index contributed by atoms with van der Waals surface area (Å²) in [7, 11) is 0. The molecule has 0 spiro atoms. The van der Waals surface area contributed by atoms with Crippen LogP contribution in [-0.2, 0) is 0 Å². The third kappa shape index (κ3) is 4.04. The quantitative estimate of drug-likeness (QED) is 0.645. The van der Waals surface area contributed by atoms with Gasteiger partial charge in [0.25, 0.3) is 5.91 Å². The number of hydrogen-bond acceptors (Lipinski definition) is 4. The Morgan fingerprint density at radius 3 is 2.62 bits per heavy atom. The summed E-state index contributed by atoms with van der Waals surface area (Å²) in [5.41, 5.74) is 3.02. The molecule has 1 N–H and O–H groups in total. The molecule has 1 fully saturated rings. The third-order valence-electron chi connectivity index (χ3n) is 3.97. The highest BCUT2D eigenvalue weighted by atomic mass is 16.5. The van der Waals surface area contributed by atoms with Gasteiger partial charge in [-0.2, -0.15) is 5.10 Å². The summed E-state index contributed by atoms with van der Waals surface area (Å²) in [6.07, 6.45) is 2.80. The van der Waals surface area contributed by atoms with Crippen LogP contribution in [0.25, 0.3) is 0 Å². The lowest BCUT2D eigenvalue weighted by Crippen LogP contribution is -2.17. The van der Waals surface area contributed by atoms with E-state index in [4.69, 9.17) is 9.15 Å². The molecular weight excluding hydrogens is 304 g/mol. The van der Waals surface area contributed by atoms with E-state index in [1.165, 1.54) is 12.6 Å². The predicted octanol–water partition coefficient (Wildman–Crippen LogP) is 3.95. The molecular formula is C19H22N2O3. The average Bonchev–Trinajstić information content (AvgIpc) is 3.08. The number of carbonyl (C=O) groups excluding carboxylic acids is 1. The van der Waals surface area contributed by atoms with Gasteiger partial charge in [0.1, 0.15) is 17.3 Å². The summed E-state index contributed by atoms with van der Waals surface area (Å²) in [5, 5.41) is 3.95. The van der Waals surface area contributed by atoms with E-state index in [0.717, 1.165) is 11.5 Å². The van der Waals surface area contributed by atoms with E-state index in [1.807, 2.05) is 26.0 Å². The maximum Gasteiger partial charge on any atom is 0.271 e. The van der Waals surface area contributed by atoms with Crippen molar-refractivity contribution in [1.82, 2.24) is 5.43 Å². The summed E-state index contributed by atoms with van der Waals surface area (Å²) in [6.45, 7) is 6.12. The van der Waals surface area contributed by atoms with E-state index < -0.39 is 0 Å². The number of hydrazone groups is 1. The maximum absolute atomic E-state index is 12.0. The molecule has 1 amide bonds. The zero-order valence-electron chi connectivity index (χ0n) is 14.2. The molecule has 0 unspecified atom stereocenters. The first-order valence-corrected chi connectivity index (χ1v) is 8.23. The third-order valence-corrected chi connectivity index (χ3v) is 3.97. The second-order valence-electron chi connectivity index (χ2n) is 6.45. The van der Waals surface area contributed by atoms with Gasteiger partial charge in [0, 0.05) is 11.5 Å². The van der Waals surface area contributed by atoms with Crippen molar-refractivity contribution >= 4 is 12.1 Å². The molecule has 3 rings (SSSR count). The number of nitrogens with zero attached hydrogens (tertiary/aromatic N) is 1. The van der Waals surface area contributed by atoms with Crippen molar-refractivity contribution in [2.45, 2.75) is 39.2 Å². The monoisotopic (exact) mass is 326 g/mol. The standard InChI is InChI=1S/C19H22N2O3/c1-12(2)23-15-6-4-14(5-7-15)19(22)21-20-11-16-8-9-18(24-16)17-10-13(17)3/h4-9,11-13,17H,10H2,1-3H3,(H,21,22)/b20-11-/t13-,17-/m0/s1. The number of ether oxygens (including phenoxy) is 1. The van der Waals surface area contributed by atoms with E-state index in [0.29, 0.717) is 23.2 Å². The highest BCUT2D eigenvalue weighted by molar-refractivity contribution is 5.94. The first kappa shape index (κ1) is 16.3. The Kier molecular flexibility index (Phi) is 4.69. The molecule has 1 heterocycles. The molecule has 0 saturated heterocycles. The van der Waals surface area contributed by atoms with Crippen molar-refractivity contribution in [3.63, 3.8) is 0 Å². The second-order valence-corrected chi connectivity index (χ2v) is 6.45. The van der Waals surface area contributed by atoms with Crippen molar-refractivity contribution < 1.29 is 13.9 Å². The van der Waals surface area contributed by atoms with Crippen LogP contribution in [0, 0.1) is 5.92 Å². The number of hydrogen-bond donors (Lipinski definition) is 1. The minimum Gasteiger partial charge on any atom is -0.491 e. The van der Waals surface area contributed by atoms with Gasteiger partial charge in [-0.15, -0.1) is 0 Å². The van der Waals surface area contributed by atoms with E-state index in [2.05, 4.69) is 17.5 Å². The molecule has 2 atom stereocenters. The second kappa shape index (κ2) is 6.91. The Bertz CT molecular complexity index is 731.